The van der Waals surface area contributed by atoms with E-state index in [2.05, 4.69) is 16.9 Å². The lowest BCUT2D eigenvalue weighted by Crippen LogP contribution is -2.13. The van der Waals surface area contributed by atoms with E-state index in [0.717, 1.165) is 5.57 Å². The molecule has 94 valence electrons. The zero-order valence-electron chi connectivity index (χ0n) is 9.40. The predicted molar refractivity (Wildman–Crippen MR) is 58.2 cm³/mol. The SMILES string of the molecule is C=C(C)COCCNc1nc(F)c(F)cc1F. The van der Waals surface area contributed by atoms with E-state index in [4.69, 9.17) is 4.74 Å². The molecule has 1 aromatic heterocycles. The van der Waals surface area contributed by atoms with Crippen molar-refractivity contribution in [1.29, 1.82) is 0 Å². The zero-order valence-corrected chi connectivity index (χ0v) is 9.40. The van der Waals surface area contributed by atoms with Crippen molar-refractivity contribution >= 4 is 5.82 Å². The second-order valence-electron chi connectivity index (χ2n) is 3.53. The van der Waals surface area contributed by atoms with Gasteiger partial charge in [-0.2, -0.15) is 9.37 Å². The number of halogens is 3. The molecule has 0 aromatic carbocycles. The lowest BCUT2D eigenvalue weighted by Gasteiger charge is -2.07. The molecule has 17 heavy (non-hydrogen) atoms. The van der Waals surface area contributed by atoms with Crippen molar-refractivity contribution < 1.29 is 17.9 Å². The summed E-state index contributed by atoms with van der Waals surface area (Å²) in [6.45, 7) is 6.37. The molecule has 1 N–H and O–H groups in total. The predicted octanol–water partition coefficient (Wildman–Crippen LogP) is 2.50. The first-order chi connectivity index (χ1) is 8.00. The molecule has 0 amide bonds. The second kappa shape index (κ2) is 6.24. The van der Waals surface area contributed by atoms with E-state index < -0.39 is 17.6 Å². The van der Waals surface area contributed by atoms with Gasteiger partial charge in [0.15, 0.2) is 17.5 Å². The summed E-state index contributed by atoms with van der Waals surface area (Å²) in [4.78, 5) is 3.10. The maximum absolute atomic E-state index is 13.1. The molecular weight excluding hydrogens is 233 g/mol. The van der Waals surface area contributed by atoms with Gasteiger partial charge in [-0.05, 0) is 6.92 Å². The van der Waals surface area contributed by atoms with Crippen molar-refractivity contribution in [1.82, 2.24) is 4.98 Å². The minimum atomic E-state index is -1.34. The molecule has 1 rings (SSSR count). The van der Waals surface area contributed by atoms with Gasteiger partial charge in [-0.25, -0.2) is 8.78 Å². The maximum Gasteiger partial charge on any atom is 0.251 e. The van der Waals surface area contributed by atoms with Crippen molar-refractivity contribution in [3.8, 4) is 0 Å². The monoisotopic (exact) mass is 246 g/mol. The Kier molecular flexibility index (Phi) is 4.96. The Bertz CT molecular complexity index is 410. The largest absolute Gasteiger partial charge is 0.375 e. The van der Waals surface area contributed by atoms with Crippen LogP contribution in [0, 0.1) is 17.6 Å². The molecule has 0 aliphatic rings. The summed E-state index contributed by atoms with van der Waals surface area (Å²) in [6.07, 6.45) is 0. The van der Waals surface area contributed by atoms with Crippen LogP contribution in [0.2, 0.25) is 0 Å². The van der Waals surface area contributed by atoms with Gasteiger partial charge in [0.1, 0.15) is 0 Å². The van der Waals surface area contributed by atoms with Crippen LogP contribution in [0.15, 0.2) is 18.2 Å². The van der Waals surface area contributed by atoms with Crippen LogP contribution in [0.5, 0.6) is 0 Å². The van der Waals surface area contributed by atoms with Crippen molar-refractivity contribution in [2.24, 2.45) is 0 Å². The average molecular weight is 246 g/mol. The van der Waals surface area contributed by atoms with Crippen molar-refractivity contribution in [2.45, 2.75) is 6.92 Å². The molecule has 0 saturated heterocycles. The van der Waals surface area contributed by atoms with Gasteiger partial charge in [-0.3, -0.25) is 0 Å². The van der Waals surface area contributed by atoms with Crippen LogP contribution in [-0.2, 0) is 4.74 Å². The maximum atomic E-state index is 13.1. The van der Waals surface area contributed by atoms with Crippen LogP contribution >= 0.6 is 0 Å². The zero-order chi connectivity index (χ0) is 12.8. The molecule has 0 unspecified atom stereocenters. The van der Waals surface area contributed by atoms with Gasteiger partial charge in [-0.15, -0.1) is 0 Å². The van der Waals surface area contributed by atoms with Crippen molar-refractivity contribution in [3.05, 3.63) is 35.8 Å². The first-order valence-corrected chi connectivity index (χ1v) is 4.98. The molecule has 0 spiro atoms. The molecule has 0 fully saturated rings. The number of anilines is 1. The van der Waals surface area contributed by atoms with Gasteiger partial charge in [0, 0.05) is 12.6 Å². The molecule has 6 heteroatoms. The van der Waals surface area contributed by atoms with Gasteiger partial charge in [-0.1, -0.05) is 12.2 Å². The summed E-state index contributed by atoms with van der Waals surface area (Å²) >= 11 is 0. The van der Waals surface area contributed by atoms with E-state index in [1.54, 1.807) is 0 Å². The molecular formula is C11H13F3N2O. The van der Waals surface area contributed by atoms with Crippen molar-refractivity contribution in [2.75, 3.05) is 25.1 Å². The Balaban J connectivity index is 2.41. The van der Waals surface area contributed by atoms with E-state index in [9.17, 15) is 13.2 Å². The van der Waals surface area contributed by atoms with E-state index in [1.807, 2.05) is 6.92 Å². The molecule has 0 bridgehead atoms. The molecule has 0 saturated carbocycles. The quantitative estimate of drug-likeness (QED) is 0.475. The molecule has 0 aliphatic heterocycles. The molecule has 0 atom stereocenters. The number of nitrogens with one attached hydrogen (secondary N) is 1. The Labute approximate surface area is 97.3 Å². The van der Waals surface area contributed by atoms with Crippen LogP contribution in [-0.4, -0.2) is 24.7 Å². The third-order valence-electron chi connectivity index (χ3n) is 1.77. The standard InChI is InChI=1S/C11H13F3N2O/c1-7(2)6-17-4-3-15-11-9(13)5-8(12)10(14)16-11/h5H,1,3-4,6H2,2H3,(H,15,16). The molecule has 0 radical (unpaired) electrons. The fourth-order valence-corrected chi connectivity index (χ4v) is 1.06. The highest BCUT2D eigenvalue weighted by Gasteiger charge is 2.10. The third-order valence-corrected chi connectivity index (χ3v) is 1.77. The topological polar surface area (TPSA) is 34.1 Å². The third kappa shape index (κ3) is 4.44. The first-order valence-electron chi connectivity index (χ1n) is 4.98. The highest BCUT2D eigenvalue weighted by molar-refractivity contribution is 5.35. The second-order valence-corrected chi connectivity index (χ2v) is 3.53. The van der Waals surface area contributed by atoms with Crippen molar-refractivity contribution in [3.63, 3.8) is 0 Å². The number of pyridine rings is 1. The summed E-state index contributed by atoms with van der Waals surface area (Å²) < 4.78 is 43.5. The minimum absolute atomic E-state index is 0.238. The average Bonchev–Trinajstić information content (AvgIpc) is 2.24. The normalized spacial score (nSPS) is 10.4. The van der Waals surface area contributed by atoms with Crippen LogP contribution < -0.4 is 5.32 Å². The van der Waals surface area contributed by atoms with Gasteiger partial charge in [0.25, 0.3) is 5.95 Å². The number of hydrogen-bond donors (Lipinski definition) is 1. The molecule has 1 heterocycles. The summed E-state index contributed by atoms with van der Waals surface area (Å²) in [5, 5.41) is 2.51. The highest BCUT2D eigenvalue weighted by Crippen LogP contribution is 2.13. The Morgan fingerprint density at radius 3 is 2.76 bits per heavy atom. The lowest BCUT2D eigenvalue weighted by atomic mass is 10.4. The Morgan fingerprint density at radius 2 is 2.12 bits per heavy atom. The van der Waals surface area contributed by atoms with E-state index in [-0.39, 0.29) is 19.0 Å². The Hall–Kier alpha value is -1.56. The number of hydrogen-bond acceptors (Lipinski definition) is 3. The number of ether oxygens (including phenoxy) is 1. The van der Waals surface area contributed by atoms with Gasteiger partial charge < -0.3 is 10.1 Å². The van der Waals surface area contributed by atoms with Gasteiger partial charge in [0.2, 0.25) is 0 Å². The van der Waals surface area contributed by atoms with E-state index in [0.29, 0.717) is 12.7 Å². The Morgan fingerprint density at radius 1 is 1.41 bits per heavy atom. The van der Waals surface area contributed by atoms with Crippen LogP contribution in [0.25, 0.3) is 0 Å². The summed E-state index contributed by atoms with van der Waals surface area (Å²) in [7, 11) is 0. The first kappa shape index (κ1) is 13.5. The smallest absolute Gasteiger partial charge is 0.251 e. The summed E-state index contributed by atoms with van der Waals surface area (Å²) in [5.41, 5.74) is 0.863. The number of nitrogens with zero attached hydrogens (tertiary/aromatic N) is 1. The summed E-state index contributed by atoms with van der Waals surface area (Å²) in [6, 6.07) is 0.444. The summed E-state index contributed by atoms with van der Waals surface area (Å²) in [5.74, 6) is -3.92. The van der Waals surface area contributed by atoms with Crippen LogP contribution in [0.4, 0.5) is 19.0 Å². The van der Waals surface area contributed by atoms with E-state index >= 15 is 0 Å². The molecule has 0 aliphatic carbocycles. The fraction of sp³-hybridized carbons (Fsp3) is 0.364. The molecule has 3 nitrogen and oxygen atoms in total. The minimum Gasteiger partial charge on any atom is -0.375 e. The van der Waals surface area contributed by atoms with Gasteiger partial charge in [0.05, 0.1) is 13.2 Å². The van der Waals surface area contributed by atoms with Crippen LogP contribution in [0.3, 0.4) is 0 Å². The molecule has 1 aromatic rings. The lowest BCUT2D eigenvalue weighted by molar-refractivity contribution is 0.167. The number of aromatic nitrogens is 1. The fourth-order valence-electron chi connectivity index (χ4n) is 1.06. The van der Waals surface area contributed by atoms with Crippen LogP contribution in [0.1, 0.15) is 6.92 Å². The van der Waals surface area contributed by atoms with E-state index in [1.165, 1.54) is 0 Å². The van der Waals surface area contributed by atoms with Gasteiger partial charge >= 0.3 is 0 Å². The number of rotatable bonds is 6. The highest BCUT2D eigenvalue weighted by atomic mass is 19.2.